The van der Waals surface area contributed by atoms with Crippen LogP contribution in [0.1, 0.15) is 22.8 Å². The van der Waals surface area contributed by atoms with Crippen molar-refractivity contribution in [3.8, 4) is 11.5 Å². The average molecular weight is 317 g/mol. The molecule has 112 valence electrons. The summed E-state index contributed by atoms with van der Waals surface area (Å²) >= 11 is 5.86. The molecule has 0 saturated carbocycles. The summed E-state index contributed by atoms with van der Waals surface area (Å²) in [6.07, 6.45) is 0. The number of benzene rings is 2. The van der Waals surface area contributed by atoms with Crippen molar-refractivity contribution >= 4 is 23.2 Å². The van der Waals surface area contributed by atoms with Gasteiger partial charge >= 0.3 is 0 Å². The largest absolute Gasteiger partial charge is 0.454 e. The number of amides is 1. The molecule has 0 atom stereocenters. The molecule has 1 amide bonds. The Hall–Kier alpha value is -2.53. The summed E-state index contributed by atoms with van der Waals surface area (Å²) in [5, 5.41) is 4.61. The fourth-order valence-corrected chi connectivity index (χ4v) is 2.21. The highest BCUT2D eigenvalue weighted by atomic mass is 35.5. The zero-order chi connectivity index (χ0) is 15.5. The highest BCUT2D eigenvalue weighted by molar-refractivity contribution is 6.30. The van der Waals surface area contributed by atoms with Gasteiger partial charge in [0.2, 0.25) is 6.79 Å². The van der Waals surface area contributed by atoms with E-state index in [9.17, 15) is 4.79 Å². The van der Waals surface area contributed by atoms with Crippen molar-refractivity contribution in [1.82, 2.24) is 5.43 Å². The lowest BCUT2D eigenvalue weighted by Gasteiger charge is -2.04. The lowest BCUT2D eigenvalue weighted by Crippen LogP contribution is -2.19. The van der Waals surface area contributed by atoms with Gasteiger partial charge in [0, 0.05) is 16.1 Å². The van der Waals surface area contributed by atoms with Crippen LogP contribution in [0.25, 0.3) is 0 Å². The van der Waals surface area contributed by atoms with Gasteiger partial charge in [-0.05, 0) is 43.3 Å². The number of fused-ring (bicyclic) bond motifs is 1. The Morgan fingerprint density at radius 3 is 2.77 bits per heavy atom. The maximum atomic E-state index is 12.0. The molecule has 5 nitrogen and oxygen atoms in total. The molecule has 1 N–H and O–H groups in total. The maximum Gasteiger partial charge on any atom is 0.271 e. The molecule has 0 aromatic heterocycles. The summed E-state index contributed by atoms with van der Waals surface area (Å²) in [4.78, 5) is 12.0. The number of ether oxygens (including phenoxy) is 2. The van der Waals surface area contributed by atoms with Crippen LogP contribution in [0.5, 0.6) is 11.5 Å². The number of carbonyl (C=O) groups is 1. The quantitative estimate of drug-likeness (QED) is 0.698. The standard InChI is InChI=1S/C16H13ClN2O3/c1-10(11-5-6-14-15(8-11)22-9-21-14)18-19-16(20)12-3-2-4-13(17)7-12/h2-8H,9H2,1H3,(H,19,20)/b18-10-. The molecule has 3 rings (SSSR count). The first-order valence-electron chi connectivity index (χ1n) is 6.64. The van der Waals surface area contributed by atoms with E-state index >= 15 is 0 Å². The molecule has 2 aromatic rings. The molecule has 0 radical (unpaired) electrons. The van der Waals surface area contributed by atoms with Crippen LogP contribution >= 0.6 is 11.6 Å². The predicted molar refractivity (Wildman–Crippen MR) is 83.7 cm³/mol. The number of hydrogen-bond acceptors (Lipinski definition) is 4. The fraction of sp³-hybridized carbons (Fsp3) is 0.125. The molecule has 1 aliphatic heterocycles. The van der Waals surface area contributed by atoms with Gasteiger partial charge in [-0.15, -0.1) is 0 Å². The van der Waals surface area contributed by atoms with Gasteiger partial charge in [0.15, 0.2) is 11.5 Å². The van der Waals surface area contributed by atoms with E-state index in [4.69, 9.17) is 21.1 Å². The van der Waals surface area contributed by atoms with Crippen LogP contribution in [0.3, 0.4) is 0 Å². The van der Waals surface area contributed by atoms with E-state index in [0.717, 1.165) is 5.56 Å². The van der Waals surface area contributed by atoms with Gasteiger partial charge in [-0.2, -0.15) is 5.10 Å². The molecule has 0 saturated heterocycles. The number of nitrogens with zero attached hydrogens (tertiary/aromatic N) is 1. The van der Waals surface area contributed by atoms with E-state index in [0.29, 0.717) is 27.8 Å². The van der Waals surface area contributed by atoms with Crippen LogP contribution in [-0.4, -0.2) is 18.4 Å². The maximum absolute atomic E-state index is 12.0. The van der Waals surface area contributed by atoms with Crippen molar-refractivity contribution in [1.29, 1.82) is 0 Å². The Morgan fingerprint density at radius 1 is 1.14 bits per heavy atom. The fourth-order valence-electron chi connectivity index (χ4n) is 2.02. The third-order valence-electron chi connectivity index (χ3n) is 3.20. The van der Waals surface area contributed by atoms with E-state index in [-0.39, 0.29) is 12.7 Å². The molecule has 0 unspecified atom stereocenters. The van der Waals surface area contributed by atoms with Gasteiger partial charge in [0.05, 0.1) is 5.71 Å². The zero-order valence-corrected chi connectivity index (χ0v) is 12.6. The number of carbonyl (C=O) groups excluding carboxylic acids is 1. The first-order chi connectivity index (χ1) is 10.6. The highest BCUT2D eigenvalue weighted by Gasteiger charge is 2.14. The molecule has 0 aliphatic carbocycles. The molecular weight excluding hydrogens is 304 g/mol. The first kappa shape index (κ1) is 14.4. The number of nitrogens with one attached hydrogen (secondary N) is 1. The number of hydrogen-bond donors (Lipinski definition) is 1. The molecule has 1 heterocycles. The van der Waals surface area contributed by atoms with Crippen molar-refractivity contribution in [2.75, 3.05) is 6.79 Å². The molecule has 0 fully saturated rings. The second kappa shape index (κ2) is 6.07. The highest BCUT2D eigenvalue weighted by Crippen LogP contribution is 2.32. The monoisotopic (exact) mass is 316 g/mol. The minimum atomic E-state index is -0.317. The third-order valence-corrected chi connectivity index (χ3v) is 3.44. The zero-order valence-electron chi connectivity index (χ0n) is 11.8. The lowest BCUT2D eigenvalue weighted by atomic mass is 10.1. The van der Waals surface area contributed by atoms with Gasteiger partial charge < -0.3 is 9.47 Å². The summed E-state index contributed by atoms with van der Waals surface area (Å²) in [5.74, 6) is 1.07. The predicted octanol–water partition coefficient (Wildman–Crippen LogP) is 3.22. The van der Waals surface area contributed by atoms with Crippen molar-refractivity contribution in [3.05, 3.63) is 58.6 Å². The SMILES string of the molecule is C/C(=N/NC(=O)c1cccc(Cl)c1)c1ccc2c(c1)OCO2. The Bertz CT molecular complexity index is 759. The van der Waals surface area contributed by atoms with Gasteiger partial charge in [-0.25, -0.2) is 5.43 Å². The molecular formula is C16H13ClN2O3. The van der Waals surface area contributed by atoms with E-state index in [2.05, 4.69) is 10.5 Å². The Labute approximate surface area is 132 Å². The van der Waals surface area contributed by atoms with Gasteiger partial charge in [-0.1, -0.05) is 17.7 Å². The molecule has 6 heteroatoms. The molecule has 22 heavy (non-hydrogen) atoms. The van der Waals surface area contributed by atoms with E-state index in [1.54, 1.807) is 31.2 Å². The lowest BCUT2D eigenvalue weighted by molar-refractivity contribution is 0.0955. The first-order valence-corrected chi connectivity index (χ1v) is 7.01. The number of hydrazone groups is 1. The van der Waals surface area contributed by atoms with Crippen LogP contribution in [0.15, 0.2) is 47.6 Å². The summed E-state index contributed by atoms with van der Waals surface area (Å²) in [5.41, 5.74) is 4.47. The summed E-state index contributed by atoms with van der Waals surface area (Å²) in [7, 11) is 0. The van der Waals surface area contributed by atoms with Crippen molar-refractivity contribution < 1.29 is 14.3 Å². The molecule has 0 bridgehead atoms. The van der Waals surface area contributed by atoms with Gasteiger partial charge in [0.1, 0.15) is 0 Å². The van der Waals surface area contributed by atoms with Crippen molar-refractivity contribution in [2.24, 2.45) is 5.10 Å². The summed E-state index contributed by atoms with van der Waals surface area (Å²) < 4.78 is 10.6. The van der Waals surface area contributed by atoms with Gasteiger partial charge in [-0.3, -0.25) is 4.79 Å². The number of halogens is 1. The van der Waals surface area contributed by atoms with E-state index in [1.807, 2.05) is 18.2 Å². The Balaban J connectivity index is 1.73. The Morgan fingerprint density at radius 2 is 1.95 bits per heavy atom. The molecule has 2 aromatic carbocycles. The minimum absolute atomic E-state index is 0.223. The molecule has 0 spiro atoms. The van der Waals surface area contributed by atoms with Crippen LogP contribution in [-0.2, 0) is 0 Å². The topological polar surface area (TPSA) is 59.9 Å². The van der Waals surface area contributed by atoms with Crippen molar-refractivity contribution in [2.45, 2.75) is 6.92 Å². The normalized spacial score (nSPS) is 13.1. The smallest absolute Gasteiger partial charge is 0.271 e. The van der Waals surface area contributed by atoms with Crippen LogP contribution in [0.4, 0.5) is 0 Å². The molecule has 1 aliphatic rings. The van der Waals surface area contributed by atoms with E-state index in [1.165, 1.54) is 0 Å². The van der Waals surface area contributed by atoms with E-state index < -0.39 is 0 Å². The average Bonchev–Trinajstić information content (AvgIpc) is 2.99. The Kier molecular flexibility index (Phi) is 3.98. The number of rotatable bonds is 3. The van der Waals surface area contributed by atoms with Gasteiger partial charge in [0.25, 0.3) is 5.91 Å². The van der Waals surface area contributed by atoms with Crippen molar-refractivity contribution in [3.63, 3.8) is 0 Å². The third kappa shape index (κ3) is 3.04. The second-order valence-electron chi connectivity index (χ2n) is 4.72. The van der Waals surface area contributed by atoms with Crippen LogP contribution in [0, 0.1) is 0 Å². The van der Waals surface area contributed by atoms with Crippen LogP contribution in [0.2, 0.25) is 5.02 Å². The summed E-state index contributed by atoms with van der Waals surface area (Å²) in [6, 6.07) is 12.2. The van der Waals surface area contributed by atoms with Crippen LogP contribution < -0.4 is 14.9 Å². The second-order valence-corrected chi connectivity index (χ2v) is 5.15. The minimum Gasteiger partial charge on any atom is -0.454 e. The summed E-state index contributed by atoms with van der Waals surface area (Å²) in [6.45, 7) is 2.02.